The second-order valence-corrected chi connectivity index (χ2v) is 15.7. The van der Waals surface area contributed by atoms with Crippen molar-refractivity contribution >= 4 is 31.6 Å². The van der Waals surface area contributed by atoms with E-state index in [2.05, 4.69) is 21.3 Å². The van der Waals surface area contributed by atoms with Crippen molar-refractivity contribution in [2.24, 2.45) is 21.7 Å². The molecule has 4 aromatic carbocycles. The van der Waals surface area contributed by atoms with E-state index < -0.39 is 29.7 Å². The fraction of sp³-hybridized carbons (Fsp3) is 0.222. The molecule has 0 aromatic heterocycles. The van der Waals surface area contributed by atoms with Crippen LogP contribution in [0.4, 0.5) is 0 Å². The number of nitrogens with zero attached hydrogens (tertiary/aromatic N) is 2. The zero-order valence-electron chi connectivity index (χ0n) is 29.2. The molecule has 6 rings (SSSR count). The number of aryl methyl sites for hydroxylation is 2. The normalized spacial score (nSPS) is 21.7. The summed E-state index contributed by atoms with van der Waals surface area (Å²) in [4.78, 5) is 0. The Balaban J connectivity index is 1.55. The number of allylic oxidation sites excluding steroid dienone is 2. The first kappa shape index (κ1) is 32.2. The van der Waals surface area contributed by atoms with E-state index in [0.29, 0.717) is 24.0 Å². The average molecular weight is 713 g/mol. The first-order chi connectivity index (χ1) is 24.7. The third-order valence-electron chi connectivity index (χ3n) is 10.1. The number of benzene rings is 4. The van der Waals surface area contributed by atoms with Crippen LogP contribution in [0.5, 0.6) is 0 Å². The molecule has 0 fully saturated rings. The van der Waals surface area contributed by atoms with Crippen molar-refractivity contribution in [3.8, 4) is 11.1 Å². The highest BCUT2D eigenvalue weighted by Crippen LogP contribution is 2.52. The molecule has 0 aliphatic heterocycles. The lowest BCUT2D eigenvalue weighted by Crippen LogP contribution is -2.41. The van der Waals surface area contributed by atoms with E-state index in [9.17, 15) is 25.9 Å². The monoisotopic (exact) mass is 712 g/mol. The van der Waals surface area contributed by atoms with Crippen LogP contribution < -0.4 is 11.5 Å². The highest BCUT2D eigenvalue weighted by atomic mass is 32.2. The van der Waals surface area contributed by atoms with Gasteiger partial charge in [-0.05, 0) is 57.3 Å². The smallest absolute Gasteiger partial charge is 0.279 e. The van der Waals surface area contributed by atoms with Crippen LogP contribution in [-0.2, 0) is 42.6 Å². The summed E-state index contributed by atoms with van der Waals surface area (Å²) in [6.07, 6.45) is 0.160. The third-order valence-corrected chi connectivity index (χ3v) is 13.0. The first-order valence-corrected chi connectivity index (χ1v) is 18.7. The molecule has 0 saturated heterocycles. The van der Waals surface area contributed by atoms with E-state index >= 15 is 0 Å². The SMILES string of the molecule is [H]/N=N/C1=C(N)c2ccccc2C(c2ccc(-c3ccc(C4(S(=O)(=O)O)CC(/N=N/[H])=C(N)c5ccccc54)cc3CC)c(CC)c2)(S(=O)(=O)O)C1. The summed E-state index contributed by atoms with van der Waals surface area (Å²) < 4.78 is 86.6. The van der Waals surface area contributed by atoms with Gasteiger partial charge in [0.1, 0.15) is 0 Å². The predicted octanol–water partition coefficient (Wildman–Crippen LogP) is 6.87. The standard InChI is InChI=1S/C36H36N6O6S2/c1-3-21-17-23(35(49(43,44)45)19-31(41-39)33(37)27-9-5-7-11-29(27)35)13-15-25(21)26-16-14-24(18-22(26)4-2)36(50(46,47)48)20-32(42-40)34(38)28-10-6-8-12-30(28)36/h5-18,39-40H,3-4,19-20,37-38H2,1-2H3,(H,43,44,45)(H,46,47,48)/b41-39+,42-40+. The number of hydrogen-bond acceptors (Lipinski definition) is 10. The van der Waals surface area contributed by atoms with Gasteiger partial charge in [0, 0.05) is 24.0 Å². The van der Waals surface area contributed by atoms with Gasteiger partial charge in [0.15, 0.2) is 9.49 Å². The van der Waals surface area contributed by atoms with E-state index in [1.165, 1.54) is 0 Å². The summed E-state index contributed by atoms with van der Waals surface area (Å²) in [6, 6.07) is 23.3. The van der Waals surface area contributed by atoms with Gasteiger partial charge >= 0.3 is 0 Å². The lowest BCUT2D eigenvalue weighted by molar-refractivity contribution is 0.439. The Morgan fingerprint density at radius 3 is 1.38 bits per heavy atom. The van der Waals surface area contributed by atoms with E-state index in [1.54, 1.807) is 84.9 Å². The number of nitrogens with two attached hydrogens (primary N) is 2. The average Bonchev–Trinajstić information content (AvgIpc) is 3.12. The molecule has 0 amide bonds. The van der Waals surface area contributed by atoms with Gasteiger partial charge in [-0.15, -0.1) is 0 Å². The van der Waals surface area contributed by atoms with Crippen molar-refractivity contribution < 1.29 is 28.8 Å². The summed E-state index contributed by atoms with van der Waals surface area (Å²) in [6.45, 7) is 3.81. The molecule has 2 aliphatic rings. The predicted molar refractivity (Wildman–Crippen MR) is 190 cm³/mol. The van der Waals surface area contributed by atoms with Crippen molar-refractivity contribution in [3.05, 3.63) is 141 Å². The van der Waals surface area contributed by atoms with Crippen molar-refractivity contribution in [2.75, 3.05) is 0 Å². The fourth-order valence-electron chi connectivity index (χ4n) is 7.56. The molecule has 258 valence electrons. The van der Waals surface area contributed by atoms with E-state index in [-0.39, 0.29) is 57.9 Å². The number of rotatable bonds is 9. The van der Waals surface area contributed by atoms with Gasteiger partial charge in [-0.25, -0.2) is 11.0 Å². The maximum absolute atomic E-state index is 13.5. The molecule has 14 heteroatoms. The number of hydrogen-bond donors (Lipinski definition) is 6. The molecule has 2 aliphatic carbocycles. The van der Waals surface area contributed by atoms with Crippen molar-refractivity contribution in [1.29, 1.82) is 11.0 Å². The third kappa shape index (κ3) is 5.01. The topological polar surface area (TPSA) is 233 Å². The summed E-state index contributed by atoms with van der Waals surface area (Å²) >= 11 is 0. The quantitative estimate of drug-likeness (QED) is 0.0790. The van der Waals surface area contributed by atoms with Crippen LogP contribution in [0.25, 0.3) is 22.5 Å². The maximum atomic E-state index is 13.5. The molecular formula is C36H36N6O6S2. The van der Waals surface area contributed by atoms with Crippen LogP contribution in [-0.4, -0.2) is 25.9 Å². The van der Waals surface area contributed by atoms with Crippen molar-refractivity contribution in [1.82, 2.24) is 0 Å². The van der Waals surface area contributed by atoms with Gasteiger partial charge in [-0.1, -0.05) is 98.8 Å². The molecule has 2 unspecified atom stereocenters. The molecule has 0 bridgehead atoms. The van der Waals surface area contributed by atoms with E-state index in [4.69, 9.17) is 14.3 Å². The first-order valence-electron chi connectivity index (χ1n) is 16.7. The maximum Gasteiger partial charge on any atom is 0.279 e. The minimum absolute atomic E-state index is 0.0401. The summed E-state index contributed by atoms with van der Waals surface area (Å²) in [7, 11) is -9.78. The highest BCUT2D eigenvalue weighted by Gasteiger charge is 2.53. The second kappa shape index (κ2) is 12.4. The van der Waals surface area contributed by atoms with Gasteiger partial charge in [0.2, 0.25) is 2.82 Å². The van der Waals surface area contributed by atoms with Crippen LogP contribution in [0.15, 0.2) is 107 Å². The number of nitrogens with one attached hydrogen (secondary N) is 2. The van der Waals surface area contributed by atoms with Gasteiger partial charge in [0.05, 0.1) is 22.8 Å². The molecule has 0 spiro atoms. The fourth-order valence-corrected chi connectivity index (χ4v) is 9.96. The highest BCUT2D eigenvalue weighted by molar-refractivity contribution is 7.87. The second-order valence-electron chi connectivity index (χ2n) is 12.4. The largest absolute Gasteiger partial charge is 0.397 e. The minimum Gasteiger partial charge on any atom is -0.397 e. The molecule has 50 heavy (non-hydrogen) atoms. The van der Waals surface area contributed by atoms with Crippen molar-refractivity contribution in [3.63, 3.8) is 0 Å². The zero-order valence-corrected chi connectivity index (χ0v) is 28.8. The van der Waals surface area contributed by atoms with Gasteiger partial charge in [-0.3, -0.25) is 9.11 Å². The Labute approximate surface area is 293 Å². The van der Waals surface area contributed by atoms with Crippen LogP contribution >= 0.6 is 0 Å². The van der Waals surface area contributed by atoms with Gasteiger partial charge < -0.3 is 11.5 Å². The number of fused-ring (bicyclic) bond motifs is 2. The van der Waals surface area contributed by atoms with Gasteiger partial charge in [0.25, 0.3) is 20.2 Å². The zero-order chi connectivity index (χ0) is 37.6. The van der Waals surface area contributed by atoms with Gasteiger partial charge in [-0.2, -0.15) is 27.1 Å². The lowest BCUT2D eigenvalue weighted by atomic mass is 9.76. The Bertz CT molecular complexity index is 2300. The Morgan fingerprint density at radius 2 is 1.04 bits per heavy atom. The van der Waals surface area contributed by atoms with E-state index in [1.807, 2.05) is 13.8 Å². The minimum atomic E-state index is -4.89. The molecule has 0 radical (unpaired) electrons. The van der Waals surface area contributed by atoms with E-state index in [0.717, 1.165) is 22.3 Å². The lowest BCUT2D eigenvalue weighted by Gasteiger charge is -2.37. The Morgan fingerprint density at radius 1 is 0.660 bits per heavy atom. The summed E-state index contributed by atoms with van der Waals surface area (Å²) in [5, 5.41) is 7.62. The van der Waals surface area contributed by atoms with Crippen molar-refractivity contribution in [2.45, 2.75) is 49.0 Å². The van der Waals surface area contributed by atoms with Crippen LogP contribution in [0.2, 0.25) is 2.82 Å². The molecule has 0 heterocycles. The van der Waals surface area contributed by atoms with Crippen LogP contribution in [0.3, 0.4) is 0 Å². The van der Waals surface area contributed by atoms with Crippen LogP contribution in [0.1, 0.15) is 71.2 Å². The van der Waals surface area contributed by atoms with Crippen LogP contribution in [0, 0.1) is 11.0 Å². The molecule has 0 saturated carbocycles. The Kier molecular flexibility index (Phi) is 7.98. The summed E-state index contributed by atoms with van der Waals surface area (Å²) in [5.41, 5.74) is 24.0. The molecule has 8 N–H and O–H groups in total. The summed E-state index contributed by atoms with van der Waals surface area (Å²) in [5.74, 6) is 0. The molecule has 4 aromatic rings. The molecule has 12 nitrogen and oxygen atoms in total. The Hall–Kier alpha value is -5.02. The molecule has 2 atom stereocenters. The molecular weight excluding hydrogens is 677 g/mol.